The summed E-state index contributed by atoms with van der Waals surface area (Å²) in [6.45, 7) is 1.95. The van der Waals surface area contributed by atoms with Gasteiger partial charge in [-0.1, -0.05) is 42.5 Å². The van der Waals surface area contributed by atoms with Crippen LogP contribution in [0.25, 0.3) is 20.8 Å². The first-order valence-electron chi connectivity index (χ1n) is 9.12. The average Bonchev–Trinajstić information content (AvgIpc) is 3.28. The molecule has 0 spiro atoms. The number of aromatic nitrogens is 1. The van der Waals surface area contributed by atoms with Gasteiger partial charge >= 0.3 is 0 Å². The van der Waals surface area contributed by atoms with E-state index in [0.29, 0.717) is 4.90 Å². The highest BCUT2D eigenvalue weighted by Crippen LogP contribution is 2.37. The van der Waals surface area contributed by atoms with Crippen LogP contribution in [0.2, 0.25) is 0 Å². The number of para-hydroxylation sites is 2. The first kappa shape index (κ1) is 17.4. The first-order chi connectivity index (χ1) is 13.5. The Kier molecular flexibility index (Phi) is 4.00. The molecule has 0 N–H and O–H groups in total. The summed E-state index contributed by atoms with van der Waals surface area (Å²) in [7, 11) is -3.65. The molecule has 2 heterocycles. The van der Waals surface area contributed by atoms with Gasteiger partial charge in [0, 0.05) is 11.6 Å². The monoisotopic (exact) mass is 406 g/mol. The lowest BCUT2D eigenvalue weighted by molar-refractivity contribution is 0.584. The second-order valence-corrected chi connectivity index (χ2v) is 9.84. The Hall–Kier alpha value is -2.70. The Labute approximate surface area is 168 Å². The van der Waals surface area contributed by atoms with E-state index in [9.17, 15) is 8.42 Å². The van der Waals surface area contributed by atoms with E-state index < -0.39 is 10.0 Å². The van der Waals surface area contributed by atoms with Crippen LogP contribution in [-0.2, 0) is 16.4 Å². The Morgan fingerprint density at radius 1 is 1.00 bits per heavy atom. The Bertz CT molecular complexity index is 1260. The van der Waals surface area contributed by atoms with Gasteiger partial charge in [-0.2, -0.15) is 0 Å². The quantitative estimate of drug-likeness (QED) is 0.475. The molecular weight excluding hydrogens is 388 g/mol. The fraction of sp³-hybridized carbons (Fsp3) is 0.136. The van der Waals surface area contributed by atoms with E-state index in [1.165, 1.54) is 0 Å². The molecule has 0 saturated heterocycles. The molecule has 1 aliphatic rings. The number of anilines is 1. The lowest BCUT2D eigenvalue weighted by Gasteiger charge is -2.24. The van der Waals surface area contributed by atoms with Crippen molar-refractivity contribution in [1.29, 1.82) is 0 Å². The molecular formula is C22H18N2O2S2. The van der Waals surface area contributed by atoms with Crippen molar-refractivity contribution in [3.63, 3.8) is 0 Å². The molecule has 5 rings (SSSR count). The summed E-state index contributed by atoms with van der Waals surface area (Å²) in [5.41, 5.74) is 3.60. The molecule has 0 unspecified atom stereocenters. The van der Waals surface area contributed by atoms with Crippen LogP contribution in [0.3, 0.4) is 0 Å². The maximum Gasteiger partial charge on any atom is 0.264 e. The molecule has 1 atom stereocenters. The number of hydrogen-bond donors (Lipinski definition) is 0. The molecule has 0 aliphatic carbocycles. The summed E-state index contributed by atoms with van der Waals surface area (Å²) in [5.74, 6) is 0. The predicted octanol–water partition coefficient (Wildman–Crippen LogP) is 5.10. The van der Waals surface area contributed by atoms with Crippen LogP contribution < -0.4 is 4.31 Å². The van der Waals surface area contributed by atoms with Gasteiger partial charge in [-0.3, -0.25) is 4.31 Å². The van der Waals surface area contributed by atoms with E-state index >= 15 is 0 Å². The molecule has 4 aromatic rings. The van der Waals surface area contributed by atoms with E-state index in [1.54, 1.807) is 33.8 Å². The van der Waals surface area contributed by atoms with Crippen molar-refractivity contribution in [2.45, 2.75) is 24.3 Å². The van der Waals surface area contributed by atoms with Crippen molar-refractivity contribution >= 4 is 37.3 Å². The summed E-state index contributed by atoms with van der Waals surface area (Å²) in [6, 6.07) is 22.7. The number of rotatable bonds is 3. The van der Waals surface area contributed by atoms with Crippen molar-refractivity contribution in [2.24, 2.45) is 0 Å². The number of nitrogens with zero attached hydrogens (tertiary/aromatic N) is 2. The first-order valence-corrected chi connectivity index (χ1v) is 11.4. The minimum atomic E-state index is -3.65. The van der Waals surface area contributed by atoms with E-state index in [-0.39, 0.29) is 6.04 Å². The van der Waals surface area contributed by atoms with Gasteiger partial charge in [0.25, 0.3) is 10.0 Å². The Balaban J connectivity index is 1.59. The molecule has 140 valence electrons. The number of hydrogen-bond acceptors (Lipinski definition) is 4. The van der Waals surface area contributed by atoms with Crippen molar-refractivity contribution in [3.8, 4) is 10.6 Å². The molecule has 1 aromatic heterocycles. The zero-order valence-corrected chi connectivity index (χ0v) is 16.9. The average molecular weight is 407 g/mol. The third-order valence-corrected chi connectivity index (χ3v) is 8.09. The number of benzene rings is 3. The van der Waals surface area contributed by atoms with E-state index in [1.807, 2.05) is 61.5 Å². The van der Waals surface area contributed by atoms with Gasteiger partial charge < -0.3 is 0 Å². The molecule has 4 nitrogen and oxygen atoms in total. The van der Waals surface area contributed by atoms with Crippen molar-refractivity contribution in [1.82, 2.24) is 4.98 Å². The molecule has 0 fully saturated rings. The lowest BCUT2D eigenvalue weighted by atomic mass is 10.1. The second kappa shape index (κ2) is 6.43. The molecule has 3 aromatic carbocycles. The Morgan fingerprint density at radius 3 is 2.64 bits per heavy atom. The number of fused-ring (bicyclic) bond motifs is 2. The molecule has 0 amide bonds. The van der Waals surface area contributed by atoms with Crippen LogP contribution in [0.5, 0.6) is 0 Å². The number of sulfonamides is 1. The predicted molar refractivity (Wildman–Crippen MR) is 114 cm³/mol. The molecule has 0 radical (unpaired) electrons. The largest absolute Gasteiger partial charge is 0.264 e. The van der Waals surface area contributed by atoms with Gasteiger partial charge in [0.1, 0.15) is 5.01 Å². The standard InChI is InChI=1S/C22H18N2O2S2/c1-15-13-16-7-2-4-11-20(16)24(15)28(25,26)18-9-6-8-17(14-18)22-23-19-10-3-5-12-21(19)27-22/h2-12,14-15H,13H2,1H3/t15-/m1/s1. The highest BCUT2D eigenvalue weighted by atomic mass is 32.2. The minimum absolute atomic E-state index is 0.103. The van der Waals surface area contributed by atoms with Crippen LogP contribution >= 0.6 is 11.3 Å². The van der Waals surface area contributed by atoms with Gasteiger partial charge in [0.15, 0.2) is 0 Å². The van der Waals surface area contributed by atoms with Gasteiger partial charge in [-0.15, -0.1) is 11.3 Å². The fourth-order valence-electron chi connectivity index (χ4n) is 3.80. The Morgan fingerprint density at radius 2 is 1.79 bits per heavy atom. The van der Waals surface area contributed by atoms with Crippen molar-refractivity contribution in [2.75, 3.05) is 4.31 Å². The van der Waals surface area contributed by atoms with Gasteiger partial charge in [0.05, 0.1) is 20.8 Å². The van der Waals surface area contributed by atoms with Crippen LogP contribution in [0.4, 0.5) is 5.69 Å². The van der Waals surface area contributed by atoms with Gasteiger partial charge in [0.2, 0.25) is 0 Å². The van der Waals surface area contributed by atoms with Gasteiger partial charge in [-0.05, 0) is 49.2 Å². The maximum atomic E-state index is 13.5. The molecule has 6 heteroatoms. The normalized spacial score (nSPS) is 16.5. The topological polar surface area (TPSA) is 50.3 Å². The summed E-state index contributed by atoms with van der Waals surface area (Å²) >= 11 is 1.57. The summed E-state index contributed by atoms with van der Waals surface area (Å²) in [6.07, 6.45) is 0.729. The van der Waals surface area contributed by atoms with E-state index in [0.717, 1.165) is 38.5 Å². The lowest BCUT2D eigenvalue weighted by Crippen LogP contribution is -2.35. The summed E-state index contributed by atoms with van der Waals surface area (Å²) in [4.78, 5) is 4.96. The highest BCUT2D eigenvalue weighted by Gasteiger charge is 2.35. The highest BCUT2D eigenvalue weighted by molar-refractivity contribution is 7.92. The molecule has 28 heavy (non-hydrogen) atoms. The van der Waals surface area contributed by atoms with Crippen molar-refractivity contribution in [3.05, 3.63) is 78.4 Å². The smallest absolute Gasteiger partial charge is 0.263 e. The van der Waals surface area contributed by atoms with Crippen LogP contribution in [0, 0.1) is 0 Å². The summed E-state index contributed by atoms with van der Waals surface area (Å²) in [5, 5.41) is 0.827. The SMILES string of the molecule is C[C@@H]1Cc2ccccc2N1S(=O)(=O)c1cccc(-c2nc3ccccc3s2)c1. The number of thiazole rings is 1. The fourth-order valence-corrected chi connectivity index (χ4v) is 6.50. The minimum Gasteiger partial charge on any atom is -0.263 e. The zero-order valence-electron chi connectivity index (χ0n) is 15.2. The van der Waals surface area contributed by atoms with E-state index in [4.69, 9.17) is 0 Å². The zero-order chi connectivity index (χ0) is 19.3. The van der Waals surface area contributed by atoms with Crippen molar-refractivity contribution < 1.29 is 8.42 Å². The van der Waals surface area contributed by atoms with Gasteiger partial charge in [-0.25, -0.2) is 13.4 Å². The van der Waals surface area contributed by atoms with Crippen LogP contribution in [0.1, 0.15) is 12.5 Å². The second-order valence-electron chi connectivity index (χ2n) is 7.00. The third kappa shape index (κ3) is 2.72. The van der Waals surface area contributed by atoms with Crippen LogP contribution in [-0.4, -0.2) is 19.4 Å². The molecule has 1 aliphatic heterocycles. The third-order valence-electron chi connectivity index (χ3n) is 5.08. The van der Waals surface area contributed by atoms with E-state index in [2.05, 4.69) is 4.98 Å². The summed E-state index contributed by atoms with van der Waals surface area (Å²) < 4.78 is 29.6. The maximum absolute atomic E-state index is 13.5. The van der Waals surface area contributed by atoms with Crippen LogP contribution in [0.15, 0.2) is 77.7 Å². The molecule has 0 bridgehead atoms. The molecule has 0 saturated carbocycles.